The number of amides is 1. The highest BCUT2D eigenvalue weighted by Gasteiger charge is 2.10. The van der Waals surface area contributed by atoms with Crippen LogP contribution in [0.25, 0.3) is 0 Å². The van der Waals surface area contributed by atoms with Gasteiger partial charge in [0.1, 0.15) is 0 Å². The number of para-hydroxylation sites is 1. The zero-order chi connectivity index (χ0) is 13.0. The molecule has 0 aliphatic rings. The van der Waals surface area contributed by atoms with Gasteiger partial charge in [-0.3, -0.25) is 4.79 Å². The lowest BCUT2D eigenvalue weighted by Gasteiger charge is -2.10. The van der Waals surface area contributed by atoms with E-state index in [1.165, 1.54) is 5.56 Å². The Balaban J connectivity index is 2.24. The number of anilines is 1. The molecule has 0 radical (unpaired) electrons. The number of nitrogens with one attached hydrogen (secondary N) is 1. The average Bonchev–Trinajstić information content (AvgIpc) is 2.40. The van der Waals surface area contributed by atoms with Gasteiger partial charge in [-0.1, -0.05) is 37.3 Å². The third-order valence-electron chi connectivity index (χ3n) is 3.10. The molecule has 0 atom stereocenters. The Morgan fingerprint density at radius 1 is 1.06 bits per heavy atom. The van der Waals surface area contributed by atoms with Gasteiger partial charge >= 0.3 is 0 Å². The van der Waals surface area contributed by atoms with Crippen LogP contribution in [0, 0.1) is 6.92 Å². The highest BCUT2D eigenvalue weighted by atomic mass is 16.1. The fraction of sp³-hybridized carbons (Fsp3) is 0.188. The molecule has 0 aliphatic heterocycles. The lowest BCUT2D eigenvalue weighted by molar-refractivity contribution is 0.102. The molecule has 0 heterocycles. The predicted octanol–water partition coefficient (Wildman–Crippen LogP) is 3.81. The van der Waals surface area contributed by atoms with Crippen LogP contribution in [0.15, 0.2) is 48.5 Å². The zero-order valence-electron chi connectivity index (χ0n) is 10.7. The Morgan fingerprint density at radius 3 is 2.44 bits per heavy atom. The van der Waals surface area contributed by atoms with Crippen LogP contribution in [0.1, 0.15) is 28.4 Å². The molecule has 0 unspecified atom stereocenters. The zero-order valence-corrected chi connectivity index (χ0v) is 10.7. The van der Waals surface area contributed by atoms with Crippen molar-refractivity contribution in [3.8, 4) is 0 Å². The minimum absolute atomic E-state index is 0.0472. The highest BCUT2D eigenvalue weighted by Crippen LogP contribution is 2.16. The van der Waals surface area contributed by atoms with Crippen LogP contribution in [-0.4, -0.2) is 5.91 Å². The fourth-order valence-corrected chi connectivity index (χ4v) is 2.03. The van der Waals surface area contributed by atoms with Crippen molar-refractivity contribution < 1.29 is 4.79 Å². The number of benzene rings is 2. The molecule has 0 aliphatic carbocycles. The minimum atomic E-state index is -0.0472. The molecule has 18 heavy (non-hydrogen) atoms. The van der Waals surface area contributed by atoms with Gasteiger partial charge in [-0.15, -0.1) is 0 Å². The molecular formula is C16H17NO. The van der Waals surface area contributed by atoms with Crippen molar-refractivity contribution in [1.82, 2.24) is 0 Å². The van der Waals surface area contributed by atoms with Crippen molar-refractivity contribution in [1.29, 1.82) is 0 Å². The summed E-state index contributed by atoms with van der Waals surface area (Å²) in [5.41, 5.74) is 3.85. The predicted molar refractivity (Wildman–Crippen MR) is 75.0 cm³/mol. The maximum absolute atomic E-state index is 12.2. The number of carbonyl (C=O) groups is 1. The normalized spacial score (nSPS) is 10.1. The van der Waals surface area contributed by atoms with E-state index in [4.69, 9.17) is 0 Å². The summed E-state index contributed by atoms with van der Waals surface area (Å²) in [6.45, 7) is 4.10. The molecule has 2 rings (SSSR count). The van der Waals surface area contributed by atoms with Crippen molar-refractivity contribution in [2.75, 3.05) is 5.32 Å². The van der Waals surface area contributed by atoms with Crippen LogP contribution < -0.4 is 5.32 Å². The number of hydrogen-bond acceptors (Lipinski definition) is 1. The molecule has 2 nitrogen and oxygen atoms in total. The summed E-state index contributed by atoms with van der Waals surface area (Å²) in [5, 5.41) is 2.91. The summed E-state index contributed by atoms with van der Waals surface area (Å²) in [6.07, 6.45) is 0.943. The van der Waals surface area contributed by atoms with Crippen molar-refractivity contribution in [2.45, 2.75) is 20.3 Å². The van der Waals surface area contributed by atoms with Gasteiger partial charge in [0, 0.05) is 11.3 Å². The lowest BCUT2D eigenvalue weighted by atomic mass is 10.00. The van der Waals surface area contributed by atoms with E-state index in [-0.39, 0.29) is 5.91 Å². The van der Waals surface area contributed by atoms with Crippen molar-refractivity contribution >= 4 is 11.6 Å². The molecule has 1 amide bonds. The Bertz CT molecular complexity index is 546. The van der Waals surface area contributed by atoms with Gasteiger partial charge in [-0.05, 0) is 42.7 Å². The molecule has 92 valence electrons. The number of rotatable bonds is 3. The van der Waals surface area contributed by atoms with Gasteiger partial charge in [0.25, 0.3) is 5.91 Å². The van der Waals surface area contributed by atoms with Crippen molar-refractivity contribution in [3.63, 3.8) is 0 Å². The molecule has 0 spiro atoms. The molecule has 0 saturated carbocycles. The Hall–Kier alpha value is -2.09. The van der Waals surface area contributed by atoms with Crippen LogP contribution >= 0.6 is 0 Å². The lowest BCUT2D eigenvalue weighted by Crippen LogP contribution is -2.14. The molecule has 2 aromatic carbocycles. The van der Waals surface area contributed by atoms with Gasteiger partial charge in [0.05, 0.1) is 0 Å². The van der Waals surface area contributed by atoms with E-state index in [0.29, 0.717) is 0 Å². The van der Waals surface area contributed by atoms with E-state index in [1.807, 2.05) is 49.4 Å². The van der Waals surface area contributed by atoms with E-state index in [0.717, 1.165) is 23.2 Å². The average molecular weight is 239 g/mol. The Labute approximate surface area is 108 Å². The van der Waals surface area contributed by atoms with Gasteiger partial charge in [-0.2, -0.15) is 0 Å². The second-order valence-electron chi connectivity index (χ2n) is 4.26. The van der Waals surface area contributed by atoms with Crippen molar-refractivity contribution in [2.24, 2.45) is 0 Å². The standard InChI is InChI=1S/C16H17NO/c1-3-13-8-7-11-15(12(13)2)16(18)17-14-9-5-4-6-10-14/h4-11H,3H2,1-2H3,(H,17,18). The van der Waals surface area contributed by atoms with Gasteiger partial charge in [0.2, 0.25) is 0 Å². The monoisotopic (exact) mass is 239 g/mol. The first-order valence-corrected chi connectivity index (χ1v) is 6.17. The summed E-state index contributed by atoms with van der Waals surface area (Å²) >= 11 is 0. The summed E-state index contributed by atoms with van der Waals surface area (Å²) in [6, 6.07) is 15.4. The molecule has 0 aromatic heterocycles. The van der Waals surface area contributed by atoms with E-state index in [1.54, 1.807) is 0 Å². The van der Waals surface area contributed by atoms with Crippen LogP contribution in [-0.2, 0) is 6.42 Å². The van der Waals surface area contributed by atoms with Gasteiger partial charge < -0.3 is 5.32 Å². The summed E-state index contributed by atoms with van der Waals surface area (Å²) in [5.74, 6) is -0.0472. The molecular weight excluding hydrogens is 222 g/mol. The number of hydrogen-bond donors (Lipinski definition) is 1. The quantitative estimate of drug-likeness (QED) is 0.867. The molecule has 2 heteroatoms. The maximum atomic E-state index is 12.2. The van der Waals surface area contributed by atoms with E-state index in [2.05, 4.69) is 18.3 Å². The van der Waals surface area contributed by atoms with Gasteiger partial charge in [0.15, 0.2) is 0 Å². The molecule has 0 fully saturated rings. The molecule has 1 N–H and O–H groups in total. The topological polar surface area (TPSA) is 29.1 Å². The van der Waals surface area contributed by atoms with Crippen LogP contribution in [0.4, 0.5) is 5.69 Å². The van der Waals surface area contributed by atoms with Gasteiger partial charge in [-0.25, -0.2) is 0 Å². The van der Waals surface area contributed by atoms with Crippen molar-refractivity contribution in [3.05, 3.63) is 65.2 Å². The molecule has 0 saturated heterocycles. The van der Waals surface area contributed by atoms with E-state index >= 15 is 0 Å². The van der Waals surface area contributed by atoms with E-state index in [9.17, 15) is 4.79 Å². The maximum Gasteiger partial charge on any atom is 0.255 e. The number of carbonyl (C=O) groups excluding carboxylic acids is 1. The largest absolute Gasteiger partial charge is 0.322 e. The summed E-state index contributed by atoms with van der Waals surface area (Å²) in [4.78, 5) is 12.2. The SMILES string of the molecule is CCc1cccc(C(=O)Nc2ccccc2)c1C. The Kier molecular flexibility index (Phi) is 3.78. The second-order valence-corrected chi connectivity index (χ2v) is 4.26. The first-order valence-electron chi connectivity index (χ1n) is 6.17. The first kappa shape index (κ1) is 12.4. The summed E-state index contributed by atoms with van der Waals surface area (Å²) in [7, 11) is 0. The minimum Gasteiger partial charge on any atom is -0.322 e. The molecule has 0 bridgehead atoms. The second kappa shape index (κ2) is 5.50. The summed E-state index contributed by atoms with van der Waals surface area (Å²) < 4.78 is 0. The smallest absolute Gasteiger partial charge is 0.255 e. The molecule has 2 aromatic rings. The fourth-order valence-electron chi connectivity index (χ4n) is 2.03. The third-order valence-corrected chi connectivity index (χ3v) is 3.10. The Morgan fingerprint density at radius 2 is 1.78 bits per heavy atom. The number of aryl methyl sites for hydroxylation is 1. The third kappa shape index (κ3) is 2.59. The van der Waals surface area contributed by atoms with Crippen LogP contribution in [0.3, 0.4) is 0 Å². The van der Waals surface area contributed by atoms with E-state index < -0.39 is 0 Å². The highest BCUT2D eigenvalue weighted by molar-refractivity contribution is 6.05. The van der Waals surface area contributed by atoms with Crippen LogP contribution in [0.2, 0.25) is 0 Å². The van der Waals surface area contributed by atoms with Crippen LogP contribution in [0.5, 0.6) is 0 Å². The first-order chi connectivity index (χ1) is 8.72.